The van der Waals surface area contributed by atoms with Gasteiger partial charge in [-0.2, -0.15) is 0 Å². The molecule has 0 amide bonds. The van der Waals surface area contributed by atoms with E-state index in [4.69, 9.17) is 4.52 Å². The summed E-state index contributed by atoms with van der Waals surface area (Å²) in [5.74, 6) is 2.77. The molecule has 16 heavy (non-hydrogen) atoms. The SMILES string of the molecule is CNCc1cc(CN(C)CC2CC2C)on1. The molecular formula is C12H21N3O. The lowest BCUT2D eigenvalue weighted by Crippen LogP contribution is -2.20. The molecule has 1 aromatic rings. The third-order valence-corrected chi connectivity index (χ3v) is 3.21. The zero-order chi connectivity index (χ0) is 11.5. The Bertz CT molecular complexity index is 337. The Morgan fingerprint density at radius 3 is 3.00 bits per heavy atom. The maximum atomic E-state index is 5.28. The van der Waals surface area contributed by atoms with Crippen LogP contribution in [0.5, 0.6) is 0 Å². The van der Waals surface area contributed by atoms with Gasteiger partial charge in [-0.15, -0.1) is 0 Å². The standard InChI is InChI=1S/C12H21N3O/c1-9-4-10(9)7-15(3)8-12-5-11(6-13-2)14-16-12/h5,9-10,13H,4,6-8H2,1-3H3. The van der Waals surface area contributed by atoms with E-state index in [2.05, 4.69) is 29.3 Å². The number of hydrogen-bond acceptors (Lipinski definition) is 4. The van der Waals surface area contributed by atoms with Crippen molar-refractivity contribution in [1.82, 2.24) is 15.4 Å². The zero-order valence-electron chi connectivity index (χ0n) is 10.4. The molecule has 1 saturated carbocycles. The Labute approximate surface area is 97.0 Å². The highest BCUT2D eigenvalue weighted by molar-refractivity contribution is 5.05. The second-order valence-electron chi connectivity index (χ2n) is 4.98. The van der Waals surface area contributed by atoms with Gasteiger partial charge in [-0.1, -0.05) is 12.1 Å². The molecule has 1 aromatic heterocycles. The van der Waals surface area contributed by atoms with Crippen molar-refractivity contribution in [3.05, 3.63) is 17.5 Å². The highest BCUT2D eigenvalue weighted by atomic mass is 16.5. The first-order valence-electron chi connectivity index (χ1n) is 5.96. The van der Waals surface area contributed by atoms with Gasteiger partial charge in [0.2, 0.25) is 0 Å². The van der Waals surface area contributed by atoms with Gasteiger partial charge in [0.15, 0.2) is 5.76 Å². The van der Waals surface area contributed by atoms with Crippen LogP contribution in [-0.2, 0) is 13.1 Å². The van der Waals surface area contributed by atoms with Crippen molar-refractivity contribution in [3.8, 4) is 0 Å². The Morgan fingerprint density at radius 1 is 1.62 bits per heavy atom. The monoisotopic (exact) mass is 223 g/mol. The smallest absolute Gasteiger partial charge is 0.151 e. The predicted octanol–water partition coefficient (Wildman–Crippen LogP) is 1.48. The van der Waals surface area contributed by atoms with E-state index in [1.807, 2.05) is 13.1 Å². The van der Waals surface area contributed by atoms with Gasteiger partial charge in [0.25, 0.3) is 0 Å². The summed E-state index contributed by atoms with van der Waals surface area (Å²) in [6.07, 6.45) is 1.38. The van der Waals surface area contributed by atoms with E-state index >= 15 is 0 Å². The first kappa shape index (κ1) is 11.6. The average Bonchev–Trinajstić information content (AvgIpc) is 2.74. The minimum Gasteiger partial charge on any atom is -0.360 e. The predicted molar refractivity (Wildman–Crippen MR) is 62.9 cm³/mol. The van der Waals surface area contributed by atoms with Crippen molar-refractivity contribution >= 4 is 0 Å². The molecule has 90 valence electrons. The quantitative estimate of drug-likeness (QED) is 0.793. The van der Waals surface area contributed by atoms with Gasteiger partial charge >= 0.3 is 0 Å². The summed E-state index contributed by atoms with van der Waals surface area (Å²) < 4.78 is 5.28. The molecule has 0 spiro atoms. The van der Waals surface area contributed by atoms with Gasteiger partial charge in [-0.05, 0) is 32.4 Å². The molecule has 0 aliphatic heterocycles. The van der Waals surface area contributed by atoms with E-state index < -0.39 is 0 Å². The fourth-order valence-corrected chi connectivity index (χ4v) is 2.08. The third-order valence-electron chi connectivity index (χ3n) is 3.21. The van der Waals surface area contributed by atoms with Crippen LogP contribution in [0, 0.1) is 11.8 Å². The fraction of sp³-hybridized carbons (Fsp3) is 0.750. The van der Waals surface area contributed by atoms with Crippen LogP contribution in [0.15, 0.2) is 10.6 Å². The van der Waals surface area contributed by atoms with Crippen LogP contribution in [0.4, 0.5) is 0 Å². The minimum atomic E-state index is 0.771. The molecule has 4 heteroatoms. The number of aromatic nitrogens is 1. The van der Waals surface area contributed by atoms with Crippen molar-refractivity contribution in [1.29, 1.82) is 0 Å². The molecule has 1 N–H and O–H groups in total. The van der Waals surface area contributed by atoms with Crippen LogP contribution in [0.3, 0.4) is 0 Å². The highest BCUT2D eigenvalue weighted by Crippen LogP contribution is 2.38. The Morgan fingerprint density at radius 2 is 2.38 bits per heavy atom. The molecule has 2 rings (SSSR count). The lowest BCUT2D eigenvalue weighted by molar-refractivity contribution is 0.260. The molecule has 2 unspecified atom stereocenters. The van der Waals surface area contributed by atoms with E-state index in [-0.39, 0.29) is 0 Å². The molecule has 1 heterocycles. The maximum Gasteiger partial charge on any atom is 0.151 e. The molecule has 0 radical (unpaired) electrons. The summed E-state index contributed by atoms with van der Waals surface area (Å²) in [5, 5.41) is 7.07. The maximum absolute atomic E-state index is 5.28. The van der Waals surface area contributed by atoms with Gasteiger partial charge in [0.1, 0.15) is 0 Å². The number of nitrogens with zero attached hydrogens (tertiary/aromatic N) is 2. The Kier molecular flexibility index (Phi) is 3.61. The molecule has 1 aliphatic rings. The third kappa shape index (κ3) is 3.06. The number of hydrogen-bond donors (Lipinski definition) is 1. The van der Waals surface area contributed by atoms with Gasteiger partial charge in [0, 0.05) is 19.2 Å². The molecule has 2 atom stereocenters. The van der Waals surface area contributed by atoms with Crippen molar-refractivity contribution < 1.29 is 4.52 Å². The average molecular weight is 223 g/mol. The molecule has 1 fully saturated rings. The molecule has 1 aliphatic carbocycles. The zero-order valence-corrected chi connectivity index (χ0v) is 10.4. The lowest BCUT2D eigenvalue weighted by atomic mass is 10.3. The molecule has 0 bridgehead atoms. The van der Waals surface area contributed by atoms with Crippen LogP contribution in [0.2, 0.25) is 0 Å². The van der Waals surface area contributed by atoms with Crippen LogP contribution in [0.1, 0.15) is 24.8 Å². The van der Waals surface area contributed by atoms with Crippen molar-refractivity contribution in [2.24, 2.45) is 11.8 Å². The van der Waals surface area contributed by atoms with E-state index in [1.165, 1.54) is 13.0 Å². The van der Waals surface area contributed by atoms with Crippen LogP contribution in [0.25, 0.3) is 0 Å². The normalized spacial score (nSPS) is 24.0. The Hall–Kier alpha value is -0.870. The van der Waals surface area contributed by atoms with E-state index in [0.717, 1.165) is 36.4 Å². The summed E-state index contributed by atoms with van der Waals surface area (Å²) in [5.41, 5.74) is 0.977. The largest absolute Gasteiger partial charge is 0.360 e. The van der Waals surface area contributed by atoms with Crippen molar-refractivity contribution in [3.63, 3.8) is 0 Å². The summed E-state index contributed by atoms with van der Waals surface area (Å²) in [7, 11) is 4.06. The van der Waals surface area contributed by atoms with Gasteiger partial charge < -0.3 is 9.84 Å². The van der Waals surface area contributed by atoms with E-state index in [0.29, 0.717) is 0 Å². The van der Waals surface area contributed by atoms with Gasteiger partial charge in [-0.25, -0.2) is 0 Å². The van der Waals surface area contributed by atoms with Gasteiger partial charge in [-0.3, -0.25) is 4.90 Å². The fourth-order valence-electron chi connectivity index (χ4n) is 2.08. The molecule has 0 saturated heterocycles. The number of nitrogens with one attached hydrogen (secondary N) is 1. The summed E-state index contributed by atoms with van der Waals surface area (Å²) in [6.45, 7) is 5.12. The topological polar surface area (TPSA) is 41.3 Å². The second kappa shape index (κ2) is 4.97. The first-order valence-corrected chi connectivity index (χ1v) is 5.96. The first-order chi connectivity index (χ1) is 7.69. The van der Waals surface area contributed by atoms with E-state index in [1.54, 1.807) is 0 Å². The molecule has 4 nitrogen and oxygen atoms in total. The van der Waals surface area contributed by atoms with Crippen LogP contribution >= 0.6 is 0 Å². The second-order valence-corrected chi connectivity index (χ2v) is 4.98. The Balaban J connectivity index is 1.78. The molecule has 0 aromatic carbocycles. The summed E-state index contributed by atoms with van der Waals surface area (Å²) >= 11 is 0. The minimum absolute atomic E-state index is 0.771. The van der Waals surface area contributed by atoms with Crippen molar-refractivity contribution in [2.75, 3.05) is 20.6 Å². The number of rotatable bonds is 6. The molecular weight excluding hydrogens is 202 g/mol. The highest BCUT2D eigenvalue weighted by Gasteiger charge is 2.33. The summed E-state index contributed by atoms with van der Waals surface area (Å²) in [4.78, 5) is 2.32. The summed E-state index contributed by atoms with van der Waals surface area (Å²) in [6, 6.07) is 2.03. The van der Waals surface area contributed by atoms with E-state index in [9.17, 15) is 0 Å². The van der Waals surface area contributed by atoms with Crippen LogP contribution < -0.4 is 5.32 Å². The van der Waals surface area contributed by atoms with Crippen molar-refractivity contribution in [2.45, 2.75) is 26.4 Å². The lowest BCUT2D eigenvalue weighted by Gasteiger charge is -2.13. The van der Waals surface area contributed by atoms with Gasteiger partial charge in [0.05, 0.1) is 12.2 Å². The van der Waals surface area contributed by atoms with Crippen LogP contribution in [-0.4, -0.2) is 30.7 Å².